The van der Waals surface area contributed by atoms with Crippen LogP contribution in [0.15, 0.2) is 48.5 Å². The molecule has 0 radical (unpaired) electrons. The van der Waals surface area contributed by atoms with Gasteiger partial charge in [-0.05, 0) is 80.1 Å². The first-order chi connectivity index (χ1) is 16.3. The Morgan fingerprint density at radius 3 is 2.15 bits per heavy atom. The predicted octanol–water partition coefficient (Wildman–Crippen LogP) is 5.22. The van der Waals surface area contributed by atoms with Crippen molar-refractivity contribution in [3.8, 4) is 0 Å². The molecule has 2 aromatic rings. The second-order valence-corrected chi connectivity index (χ2v) is 9.63. The summed E-state index contributed by atoms with van der Waals surface area (Å²) in [6, 6.07) is 12.3. The van der Waals surface area contributed by atoms with Gasteiger partial charge in [-0.1, -0.05) is 37.1 Å². The molecule has 0 spiro atoms. The van der Waals surface area contributed by atoms with Gasteiger partial charge in [0.05, 0.1) is 11.3 Å². The molecule has 34 heavy (non-hydrogen) atoms. The highest BCUT2D eigenvalue weighted by Gasteiger charge is 2.51. The fourth-order valence-electron chi connectivity index (χ4n) is 6.06. The number of nitrogens with zero attached hydrogens (tertiary/aromatic N) is 2. The topological polar surface area (TPSA) is 83.7 Å². The molecule has 0 bridgehead atoms. The first kappa shape index (κ1) is 24.3. The van der Waals surface area contributed by atoms with Crippen molar-refractivity contribution in [3.63, 3.8) is 0 Å². The van der Waals surface area contributed by atoms with Crippen molar-refractivity contribution in [2.45, 2.75) is 56.4 Å². The molecule has 1 N–H and O–H groups in total. The Labute approximate surface area is 197 Å². The van der Waals surface area contributed by atoms with Crippen LogP contribution >= 0.6 is 0 Å². The Balaban J connectivity index is 1.57. The van der Waals surface area contributed by atoms with Gasteiger partial charge in [-0.15, -0.1) is 0 Å². The lowest BCUT2D eigenvalue weighted by Crippen LogP contribution is -2.53. The van der Waals surface area contributed by atoms with E-state index in [9.17, 15) is 28.8 Å². The summed E-state index contributed by atoms with van der Waals surface area (Å²) in [5, 5.41) is 21.8. The van der Waals surface area contributed by atoms with Gasteiger partial charge in [-0.25, -0.2) is 8.78 Å². The highest BCUT2D eigenvalue weighted by molar-refractivity contribution is 5.76. The molecule has 3 unspecified atom stereocenters. The number of benzene rings is 2. The number of aliphatic carboxylic acids is 1. The van der Waals surface area contributed by atoms with Crippen molar-refractivity contribution in [1.82, 2.24) is 4.90 Å². The van der Waals surface area contributed by atoms with Crippen LogP contribution in [0.4, 0.5) is 8.78 Å². The smallest absolute Gasteiger partial charge is 0.310 e. The van der Waals surface area contributed by atoms with Gasteiger partial charge in [0.1, 0.15) is 11.6 Å². The summed E-state index contributed by atoms with van der Waals surface area (Å²) in [5.41, 5.74) is 0.288. The van der Waals surface area contributed by atoms with E-state index in [0.29, 0.717) is 18.7 Å². The number of rotatable bonds is 7. The van der Waals surface area contributed by atoms with Crippen LogP contribution in [-0.2, 0) is 4.79 Å². The molecule has 1 aliphatic carbocycles. The minimum Gasteiger partial charge on any atom is -0.481 e. The molecule has 8 heteroatoms. The average Bonchev–Trinajstić information content (AvgIpc) is 2.83. The SMILES string of the molecule is O=C(O)C1(C(C[N+](=O)[O-])c2ccc(F)cc2)CCN(C2CCCCC2c2ccc(F)cc2)CC1. The third-order valence-electron chi connectivity index (χ3n) is 7.88. The number of carboxylic acid groups (broad SMARTS) is 1. The standard InChI is InChI=1S/C26H30F2N2O4/c27-20-9-5-18(6-10-20)22-3-1-2-4-24(22)29-15-13-26(14-16-29,25(31)32)23(17-30(33)34)19-7-11-21(28)12-8-19/h5-12,22-24H,1-4,13-17H2,(H,31,32). The van der Waals surface area contributed by atoms with Gasteiger partial charge in [-0.3, -0.25) is 19.8 Å². The summed E-state index contributed by atoms with van der Waals surface area (Å²) >= 11 is 0. The van der Waals surface area contributed by atoms with E-state index >= 15 is 0 Å². The summed E-state index contributed by atoms with van der Waals surface area (Å²) in [6.07, 6.45) is 4.73. The minimum atomic E-state index is -1.29. The monoisotopic (exact) mass is 472 g/mol. The summed E-state index contributed by atoms with van der Waals surface area (Å²) in [5.74, 6) is -2.37. The van der Waals surface area contributed by atoms with E-state index in [2.05, 4.69) is 4.90 Å². The van der Waals surface area contributed by atoms with E-state index in [0.717, 1.165) is 31.2 Å². The van der Waals surface area contributed by atoms with Crippen LogP contribution in [0.25, 0.3) is 0 Å². The Morgan fingerprint density at radius 1 is 1.03 bits per heavy atom. The third kappa shape index (κ3) is 4.97. The molecule has 3 atom stereocenters. The molecule has 1 aliphatic heterocycles. The number of carboxylic acids is 1. The fourth-order valence-corrected chi connectivity index (χ4v) is 6.06. The van der Waals surface area contributed by atoms with E-state index < -0.39 is 34.6 Å². The largest absolute Gasteiger partial charge is 0.481 e. The highest BCUT2D eigenvalue weighted by Crippen LogP contribution is 2.47. The van der Waals surface area contributed by atoms with Crippen LogP contribution in [0.2, 0.25) is 0 Å². The summed E-state index contributed by atoms with van der Waals surface area (Å²) < 4.78 is 26.9. The number of likely N-dealkylation sites (tertiary alicyclic amines) is 1. The van der Waals surface area contributed by atoms with E-state index in [1.54, 1.807) is 0 Å². The van der Waals surface area contributed by atoms with Crippen molar-refractivity contribution in [2.75, 3.05) is 19.6 Å². The Morgan fingerprint density at radius 2 is 1.59 bits per heavy atom. The molecule has 1 heterocycles. The van der Waals surface area contributed by atoms with Crippen molar-refractivity contribution < 1.29 is 23.6 Å². The second kappa shape index (κ2) is 10.2. The molecule has 1 saturated heterocycles. The lowest BCUT2D eigenvalue weighted by Gasteiger charge is -2.47. The zero-order chi connectivity index (χ0) is 24.3. The van der Waals surface area contributed by atoms with Crippen LogP contribution in [0.3, 0.4) is 0 Å². The number of halogens is 2. The quantitative estimate of drug-likeness (QED) is 0.441. The van der Waals surface area contributed by atoms with Gasteiger partial charge in [0.2, 0.25) is 6.54 Å². The highest BCUT2D eigenvalue weighted by atomic mass is 19.1. The average molecular weight is 473 g/mol. The van der Waals surface area contributed by atoms with Crippen molar-refractivity contribution in [3.05, 3.63) is 81.4 Å². The zero-order valence-electron chi connectivity index (χ0n) is 19.0. The van der Waals surface area contributed by atoms with E-state index in [-0.39, 0.29) is 30.6 Å². The molecule has 6 nitrogen and oxygen atoms in total. The van der Waals surface area contributed by atoms with Crippen molar-refractivity contribution >= 4 is 5.97 Å². The summed E-state index contributed by atoms with van der Waals surface area (Å²) in [6.45, 7) is 0.522. The maximum atomic E-state index is 13.5. The molecule has 182 valence electrons. The third-order valence-corrected chi connectivity index (χ3v) is 7.88. The van der Waals surface area contributed by atoms with Gasteiger partial charge < -0.3 is 5.11 Å². The van der Waals surface area contributed by atoms with Crippen molar-refractivity contribution in [1.29, 1.82) is 0 Å². The number of piperidine rings is 1. The summed E-state index contributed by atoms with van der Waals surface area (Å²) in [4.78, 5) is 25.9. The maximum Gasteiger partial charge on any atom is 0.310 e. The fraction of sp³-hybridized carbons (Fsp3) is 0.500. The van der Waals surface area contributed by atoms with Gasteiger partial charge in [-0.2, -0.15) is 0 Å². The van der Waals surface area contributed by atoms with Crippen LogP contribution in [0.1, 0.15) is 61.5 Å². The van der Waals surface area contributed by atoms with Gasteiger partial charge >= 0.3 is 5.97 Å². The molecule has 2 aromatic carbocycles. The molecule has 4 rings (SSSR count). The maximum absolute atomic E-state index is 13.5. The lowest BCUT2D eigenvalue weighted by molar-refractivity contribution is -0.486. The van der Waals surface area contributed by atoms with Gasteiger partial charge in [0.15, 0.2) is 0 Å². The predicted molar refractivity (Wildman–Crippen MR) is 123 cm³/mol. The molecular formula is C26H30F2N2O4. The van der Waals surface area contributed by atoms with Crippen LogP contribution in [-0.4, -0.2) is 46.6 Å². The van der Waals surface area contributed by atoms with E-state index in [1.807, 2.05) is 12.1 Å². The number of nitro groups is 1. The Hall–Kier alpha value is -2.87. The number of hydrogen-bond donors (Lipinski definition) is 1. The second-order valence-electron chi connectivity index (χ2n) is 9.63. The number of carbonyl (C=O) groups is 1. The molecule has 2 fully saturated rings. The first-order valence-electron chi connectivity index (χ1n) is 11.9. The first-order valence-corrected chi connectivity index (χ1v) is 11.9. The lowest BCUT2D eigenvalue weighted by atomic mass is 9.65. The van der Waals surface area contributed by atoms with Gasteiger partial charge in [0, 0.05) is 11.0 Å². The molecular weight excluding hydrogens is 442 g/mol. The zero-order valence-corrected chi connectivity index (χ0v) is 19.0. The molecule has 0 aromatic heterocycles. The Bertz CT molecular complexity index is 1000. The molecule has 0 amide bonds. The van der Waals surface area contributed by atoms with Crippen LogP contribution < -0.4 is 0 Å². The minimum absolute atomic E-state index is 0.228. The van der Waals surface area contributed by atoms with Crippen LogP contribution in [0.5, 0.6) is 0 Å². The van der Waals surface area contributed by atoms with Crippen LogP contribution in [0, 0.1) is 27.2 Å². The van der Waals surface area contributed by atoms with E-state index in [4.69, 9.17) is 0 Å². The normalized spacial score (nSPS) is 23.8. The summed E-state index contributed by atoms with van der Waals surface area (Å²) in [7, 11) is 0. The Kier molecular flexibility index (Phi) is 7.26. The van der Waals surface area contributed by atoms with Crippen molar-refractivity contribution in [2.24, 2.45) is 5.41 Å². The van der Waals surface area contributed by atoms with Gasteiger partial charge in [0.25, 0.3) is 0 Å². The molecule has 2 aliphatic rings. The number of hydrogen-bond acceptors (Lipinski definition) is 4. The van der Waals surface area contributed by atoms with E-state index in [1.165, 1.54) is 36.4 Å². The molecule has 1 saturated carbocycles.